The Hall–Kier alpha value is -1.51. The lowest BCUT2D eigenvalue weighted by Crippen LogP contribution is -2.33. The second-order valence-electron chi connectivity index (χ2n) is 6.67. The molecule has 22 heavy (non-hydrogen) atoms. The first kappa shape index (κ1) is 14.1. The van der Waals surface area contributed by atoms with Gasteiger partial charge in [-0.05, 0) is 30.9 Å². The quantitative estimate of drug-likeness (QED) is 0.839. The number of halogens is 1. The Bertz CT molecular complexity index is 799. The molecule has 1 atom stereocenters. The van der Waals surface area contributed by atoms with Crippen LogP contribution < -0.4 is 5.32 Å². The van der Waals surface area contributed by atoms with Crippen molar-refractivity contribution in [3.8, 4) is 0 Å². The van der Waals surface area contributed by atoms with Gasteiger partial charge in [-0.25, -0.2) is 0 Å². The van der Waals surface area contributed by atoms with Crippen molar-refractivity contribution in [2.45, 2.75) is 37.8 Å². The Balaban J connectivity index is 0.00000125. The molecule has 0 amide bonds. The number of hydrogen-bond donors (Lipinski definition) is 1. The molecule has 0 radical (unpaired) electrons. The second kappa shape index (κ2) is 5.00. The number of aromatic nitrogens is 1. The molecule has 2 aromatic rings. The van der Waals surface area contributed by atoms with Crippen molar-refractivity contribution in [1.29, 1.82) is 0 Å². The number of allylic oxidation sites excluding steroid dienone is 4. The number of hydrogen-bond acceptors (Lipinski definition) is 1. The number of para-hydroxylation sites is 1. The van der Waals surface area contributed by atoms with E-state index >= 15 is 0 Å². The van der Waals surface area contributed by atoms with E-state index in [1.165, 1.54) is 35.7 Å². The lowest BCUT2D eigenvalue weighted by Gasteiger charge is -2.33. The molecule has 3 aliphatic rings. The highest BCUT2D eigenvalue weighted by atomic mass is 35.5. The minimum Gasteiger partial charge on any atom is -0.334 e. The van der Waals surface area contributed by atoms with Crippen molar-refractivity contribution < 1.29 is 0 Å². The number of benzene rings is 1. The number of rotatable bonds is 1. The van der Waals surface area contributed by atoms with Gasteiger partial charge in [0.05, 0.1) is 5.54 Å². The van der Waals surface area contributed by atoms with Crippen LogP contribution >= 0.6 is 12.4 Å². The first-order valence-electron chi connectivity index (χ1n) is 8.07. The molecule has 2 aliphatic carbocycles. The topological polar surface area (TPSA) is 17.0 Å². The van der Waals surface area contributed by atoms with E-state index in [0.29, 0.717) is 0 Å². The maximum Gasteiger partial charge on any atom is 0.0673 e. The van der Waals surface area contributed by atoms with Gasteiger partial charge in [-0.15, -0.1) is 12.4 Å². The van der Waals surface area contributed by atoms with E-state index in [1.807, 2.05) is 0 Å². The predicted molar refractivity (Wildman–Crippen MR) is 93.6 cm³/mol. The number of fused-ring (bicyclic) bond motifs is 5. The Morgan fingerprint density at radius 3 is 3.00 bits per heavy atom. The fraction of sp³-hybridized carbons (Fsp3) is 0.368. The summed E-state index contributed by atoms with van der Waals surface area (Å²) in [5.74, 6) is 0. The average molecular weight is 313 g/mol. The highest BCUT2D eigenvalue weighted by Gasteiger charge is 2.40. The molecular weight excluding hydrogens is 292 g/mol. The van der Waals surface area contributed by atoms with Crippen LogP contribution in [0.15, 0.2) is 48.1 Å². The lowest BCUT2D eigenvalue weighted by atomic mass is 9.92. The van der Waals surface area contributed by atoms with Crippen LogP contribution in [0.2, 0.25) is 0 Å². The molecule has 3 heteroatoms. The Morgan fingerprint density at radius 1 is 1.14 bits per heavy atom. The summed E-state index contributed by atoms with van der Waals surface area (Å²) in [6, 6.07) is 8.97. The summed E-state index contributed by atoms with van der Waals surface area (Å²) < 4.78 is 2.69. The molecule has 114 valence electrons. The molecule has 1 fully saturated rings. The van der Waals surface area contributed by atoms with Gasteiger partial charge >= 0.3 is 0 Å². The number of nitrogens with one attached hydrogen (secondary N) is 1. The van der Waals surface area contributed by atoms with E-state index in [1.54, 1.807) is 11.3 Å². The van der Waals surface area contributed by atoms with Crippen LogP contribution in [-0.4, -0.2) is 11.1 Å². The Morgan fingerprint density at radius 2 is 2.05 bits per heavy atom. The van der Waals surface area contributed by atoms with Gasteiger partial charge in [0.1, 0.15) is 0 Å². The maximum absolute atomic E-state index is 3.55. The fourth-order valence-corrected chi connectivity index (χ4v) is 4.61. The predicted octanol–water partition coefficient (Wildman–Crippen LogP) is 4.08. The summed E-state index contributed by atoms with van der Waals surface area (Å²) in [4.78, 5) is 0. The maximum atomic E-state index is 3.55. The highest BCUT2D eigenvalue weighted by molar-refractivity contribution is 5.86. The third kappa shape index (κ3) is 1.77. The molecule has 1 saturated carbocycles. The van der Waals surface area contributed by atoms with Crippen molar-refractivity contribution >= 4 is 23.3 Å². The highest BCUT2D eigenvalue weighted by Crippen LogP contribution is 2.47. The van der Waals surface area contributed by atoms with Crippen molar-refractivity contribution in [2.75, 3.05) is 6.54 Å². The second-order valence-corrected chi connectivity index (χ2v) is 6.67. The van der Waals surface area contributed by atoms with Gasteiger partial charge in [0.2, 0.25) is 0 Å². The van der Waals surface area contributed by atoms with Crippen LogP contribution in [-0.2, 0) is 18.5 Å². The summed E-state index contributed by atoms with van der Waals surface area (Å²) in [6.07, 6.45) is 11.9. The molecule has 0 spiro atoms. The molecule has 2 heterocycles. The van der Waals surface area contributed by atoms with Crippen LogP contribution in [0.3, 0.4) is 0 Å². The van der Waals surface area contributed by atoms with E-state index in [4.69, 9.17) is 0 Å². The zero-order valence-corrected chi connectivity index (χ0v) is 13.5. The third-order valence-corrected chi connectivity index (χ3v) is 5.52. The molecule has 5 rings (SSSR count). The van der Waals surface area contributed by atoms with E-state index in [-0.39, 0.29) is 17.9 Å². The van der Waals surface area contributed by atoms with Gasteiger partial charge in [0.25, 0.3) is 0 Å². The minimum atomic E-state index is 0. The monoisotopic (exact) mass is 312 g/mol. The first-order valence-corrected chi connectivity index (χ1v) is 8.07. The zero-order chi connectivity index (χ0) is 13.9. The van der Waals surface area contributed by atoms with Gasteiger partial charge < -0.3 is 9.88 Å². The van der Waals surface area contributed by atoms with Gasteiger partial charge in [-0.2, -0.15) is 0 Å². The summed E-state index contributed by atoms with van der Waals surface area (Å²) in [5, 5.41) is 5.00. The van der Waals surface area contributed by atoms with E-state index in [2.05, 4.69) is 52.4 Å². The molecule has 1 aromatic heterocycles. The molecule has 2 bridgehead atoms. The van der Waals surface area contributed by atoms with Crippen LogP contribution in [0, 0.1) is 0 Å². The van der Waals surface area contributed by atoms with E-state index < -0.39 is 0 Å². The van der Waals surface area contributed by atoms with Crippen LogP contribution in [0.25, 0.3) is 10.9 Å². The minimum absolute atomic E-state index is 0. The van der Waals surface area contributed by atoms with Gasteiger partial charge in [0.15, 0.2) is 0 Å². The van der Waals surface area contributed by atoms with Crippen molar-refractivity contribution in [1.82, 2.24) is 9.88 Å². The van der Waals surface area contributed by atoms with Crippen LogP contribution in [0.1, 0.15) is 30.5 Å². The fourth-order valence-electron chi connectivity index (χ4n) is 4.61. The van der Waals surface area contributed by atoms with Gasteiger partial charge in [0, 0.05) is 36.1 Å². The normalized spacial score (nSPS) is 25.7. The van der Waals surface area contributed by atoms with E-state index in [9.17, 15) is 0 Å². The van der Waals surface area contributed by atoms with Crippen LogP contribution in [0.5, 0.6) is 0 Å². The zero-order valence-electron chi connectivity index (χ0n) is 12.6. The molecule has 2 nitrogen and oxygen atoms in total. The lowest BCUT2D eigenvalue weighted by molar-refractivity contribution is 0.382. The van der Waals surface area contributed by atoms with Crippen molar-refractivity contribution in [2.24, 2.45) is 0 Å². The van der Waals surface area contributed by atoms with Gasteiger partial charge in [-0.3, -0.25) is 0 Å². The standard InChI is InChI=1S/C19H20N2.ClH/c1-2-6-17-15(5-1)16-13-20-11-8-18(16)21(17)19-9-3-4-14(12-19)7-10-19;/h1-6,9,20H,7-8,10-13H2;1H. The molecule has 0 saturated heterocycles. The molecule has 1 aromatic carbocycles. The summed E-state index contributed by atoms with van der Waals surface area (Å²) in [5.41, 5.74) is 6.36. The molecule has 1 N–H and O–H groups in total. The summed E-state index contributed by atoms with van der Waals surface area (Å²) in [6.45, 7) is 2.12. The molecule has 1 unspecified atom stereocenters. The SMILES string of the molecule is C1=CC2(n3c4c(c5ccccc53)CNCC4)CCC(=C1)C2.Cl. The average Bonchev–Trinajstić information content (AvgIpc) is 3.03. The smallest absolute Gasteiger partial charge is 0.0673 e. The first-order chi connectivity index (χ1) is 10.4. The Labute approximate surface area is 137 Å². The third-order valence-electron chi connectivity index (χ3n) is 5.52. The Kier molecular flexibility index (Phi) is 3.21. The molecule has 1 aliphatic heterocycles. The summed E-state index contributed by atoms with van der Waals surface area (Å²) in [7, 11) is 0. The summed E-state index contributed by atoms with van der Waals surface area (Å²) >= 11 is 0. The molecular formula is C19H21ClN2. The largest absolute Gasteiger partial charge is 0.334 e. The van der Waals surface area contributed by atoms with E-state index in [0.717, 1.165) is 19.5 Å². The van der Waals surface area contributed by atoms with Crippen LogP contribution in [0.4, 0.5) is 0 Å². The number of nitrogens with zero attached hydrogens (tertiary/aromatic N) is 1. The van der Waals surface area contributed by atoms with Gasteiger partial charge in [-0.1, -0.05) is 42.0 Å². The van der Waals surface area contributed by atoms with Crippen molar-refractivity contribution in [3.05, 3.63) is 59.3 Å². The van der Waals surface area contributed by atoms with Crippen molar-refractivity contribution in [3.63, 3.8) is 0 Å².